The molecule has 0 aromatic heterocycles. The van der Waals surface area contributed by atoms with E-state index in [0.717, 1.165) is 32.2 Å². The molecule has 0 radical (unpaired) electrons. The van der Waals surface area contributed by atoms with Gasteiger partial charge in [0.2, 0.25) is 11.8 Å². The monoisotopic (exact) mass is 370 g/mol. The molecule has 1 aromatic rings. The molecule has 1 aliphatic heterocycles. The van der Waals surface area contributed by atoms with E-state index in [1.807, 2.05) is 25.7 Å². The minimum Gasteiger partial charge on any atom is -0.355 e. The van der Waals surface area contributed by atoms with E-state index in [9.17, 15) is 9.59 Å². The van der Waals surface area contributed by atoms with Crippen molar-refractivity contribution < 1.29 is 9.59 Å². The summed E-state index contributed by atoms with van der Waals surface area (Å²) in [5.74, 6) is 0.388. The second-order valence-electron chi connectivity index (χ2n) is 9.39. The van der Waals surface area contributed by atoms with E-state index in [1.165, 1.54) is 18.4 Å². The van der Waals surface area contributed by atoms with Gasteiger partial charge < -0.3 is 10.2 Å². The van der Waals surface area contributed by atoms with Crippen LogP contribution < -0.4 is 5.32 Å². The zero-order valence-electron chi connectivity index (χ0n) is 17.1. The lowest BCUT2D eigenvalue weighted by Crippen LogP contribution is -2.48. The molecule has 1 saturated heterocycles. The van der Waals surface area contributed by atoms with Gasteiger partial charge in [-0.3, -0.25) is 9.59 Å². The standard InChI is InChI=1S/C23H34N2O2/c1-22(2,3)21(27)25-15-11-18(12-16-25)20(26)24-17-23(13-7-8-14-23)19-9-5-4-6-10-19/h4-6,9-10,18H,7-8,11-17H2,1-3H3,(H,24,26). The third-order valence-electron chi connectivity index (χ3n) is 6.34. The van der Waals surface area contributed by atoms with Crippen molar-refractivity contribution in [1.29, 1.82) is 0 Å². The Labute approximate surface area is 163 Å². The number of likely N-dealkylation sites (tertiary alicyclic amines) is 1. The molecule has 3 rings (SSSR count). The average Bonchev–Trinajstić information content (AvgIpc) is 3.16. The van der Waals surface area contributed by atoms with Crippen LogP contribution >= 0.6 is 0 Å². The van der Waals surface area contributed by atoms with E-state index in [-0.39, 0.29) is 28.6 Å². The number of piperidine rings is 1. The van der Waals surface area contributed by atoms with Crippen molar-refractivity contribution in [1.82, 2.24) is 10.2 Å². The van der Waals surface area contributed by atoms with Crippen molar-refractivity contribution >= 4 is 11.8 Å². The molecule has 1 saturated carbocycles. The first-order valence-corrected chi connectivity index (χ1v) is 10.4. The van der Waals surface area contributed by atoms with Crippen LogP contribution in [0.1, 0.15) is 64.9 Å². The minimum atomic E-state index is -0.348. The van der Waals surface area contributed by atoms with Crippen LogP contribution in [-0.2, 0) is 15.0 Å². The molecule has 2 amide bonds. The normalized spacial score (nSPS) is 20.5. The molecule has 2 aliphatic rings. The van der Waals surface area contributed by atoms with Gasteiger partial charge in [-0.1, -0.05) is 63.9 Å². The molecule has 1 N–H and O–H groups in total. The van der Waals surface area contributed by atoms with Gasteiger partial charge in [-0.2, -0.15) is 0 Å². The Hall–Kier alpha value is -1.84. The summed E-state index contributed by atoms with van der Waals surface area (Å²) in [7, 11) is 0. The highest BCUT2D eigenvalue weighted by atomic mass is 16.2. The van der Waals surface area contributed by atoms with Crippen LogP contribution in [-0.4, -0.2) is 36.3 Å². The molecule has 2 fully saturated rings. The predicted octanol–water partition coefficient (Wildman–Crippen LogP) is 3.90. The van der Waals surface area contributed by atoms with Crippen LogP contribution in [0.4, 0.5) is 0 Å². The predicted molar refractivity (Wildman–Crippen MR) is 108 cm³/mol. The number of hydrogen-bond donors (Lipinski definition) is 1. The molecule has 0 unspecified atom stereocenters. The number of benzene rings is 1. The van der Waals surface area contributed by atoms with Crippen molar-refractivity contribution in [3.05, 3.63) is 35.9 Å². The number of carbonyl (C=O) groups is 2. The molecular weight excluding hydrogens is 336 g/mol. The Morgan fingerprint density at radius 2 is 1.67 bits per heavy atom. The Morgan fingerprint density at radius 3 is 2.22 bits per heavy atom. The summed E-state index contributed by atoms with van der Waals surface area (Å²) in [5.41, 5.74) is 1.10. The summed E-state index contributed by atoms with van der Waals surface area (Å²) in [6.45, 7) is 7.99. The number of carbonyl (C=O) groups excluding carboxylic acids is 2. The van der Waals surface area contributed by atoms with E-state index in [0.29, 0.717) is 13.1 Å². The first-order chi connectivity index (χ1) is 12.8. The highest BCUT2D eigenvalue weighted by Gasteiger charge is 2.37. The molecule has 0 bridgehead atoms. The molecule has 0 spiro atoms. The SMILES string of the molecule is CC(C)(C)C(=O)N1CCC(C(=O)NCC2(c3ccccc3)CCCC2)CC1. The lowest BCUT2D eigenvalue weighted by atomic mass is 9.78. The van der Waals surface area contributed by atoms with Gasteiger partial charge in [0.25, 0.3) is 0 Å². The first-order valence-electron chi connectivity index (χ1n) is 10.4. The van der Waals surface area contributed by atoms with Gasteiger partial charge in [-0.05, 0) is 31.2 Å². The smallest absolute Gasteiger partial charge is 0.227 e. The number of nitrogens with zero attached hydrogens (tertiary/aromatic N) is 1. The highest BCUT2D eigenvalue weighted by Crippen LogP contribution is 2.40. The zero-order valence-corrected chi connectivity index (χ0v) is 17.1. The van der Waals surface area contributed by atoms with E-state index in [1.54, 1.807) is 0 Å². The maximum atomic E-state index is 12.8. The van der Waals surface area contributed by atoms with Gasteiger partial charge in [0.05, 0.1) is 0 Å². The summed E-state index contributed by atoms with van der Waals surface area (Å²) in [5, 5.41) is 3.27. The van der Waals surface area contributed by atoms with Gasteiger partial charge in [0.15, 0.2) is 0 Å². The quantitative estimate of drug-likeness (QED) is 0.874. The average molecular weight is 371 g/mol. The van der Waals surface area contributed by atoms with E-state index >= 15 is 0 Å². The van der Waals surface area contributed by atoms with Crippen LogP contribution in [0.25, 0.3) is 0 Å². The number of amides is 2. The number of rotatable bonds is 4. The summed E-state index contributed by atoms with van der Waals surface area (Å²) in [6.07, 6.45) is 6.31. The highest BCUT2D eigenvalue weighted by molar-refractivity contribution is 5.82. The van der Waals surface area contributed by atoms with Crippen molar-refractivity contribution in [2.24, 2.45) is 11.3 Å². The van der Waals surface area contributed by atoms with Gasteiger partial charge in [0.1, 0.15) is 0 Å². The largest absolute Gasteiger partial charge is 0.355 e. The van der Waals surface area contributed by atoms with Crippen molar-refractivity contribution in [3.63, 3.8) is 0 Å². The molecule has 148 valence electrons. The van der Waals surface area contributed by atoms with E-state index in [2.05, 4.69) is 35.6 Å². The molecule has 4 heteroatoms. The lowest BCUT2D eigenvalue weighted by Gasteiger charge is -2.36. The second-order valence-corrected chi connectivity index (χ2v) is 9.39. The molecule has 0 atom stereocenters. The number of nitrogens with one attached hydrogen (secondary N) is 1. The van der Waals surface area contributed by atoms with Gasteiger partial charge in [-0.15, -0.1) is 0 Å². The molecule has 27 heavy (non-hydrogen) atoms. The second kappa shape index (κ2) is 8.04. The van der Waals surface area contributed by atoms with Gasteiger partial charge in [-0.25, -0.2) is 0 Å². The maximum Gasteiger partial charge on any atom is 0.227 e. The third kappa shape index (κ3) is 4.53. The molecular formula is C23H34N2O2. The van der Waals surface area contributed by atoms with Gasteiger partial charge >= 0.3 is 0 Å². The van der Waals surface area contributed by atoms with Crippen LogP contribution in [0.5, 0.6) is 0 Å². The van der Waals surface area contributed by atoms with E-state index < -0.39 is 0 Å². The zero-order chi connectivity index (χ0) is 19.5. The Bertz CT molecular complexity index is 649. The van der Waals surface area contributed by atoms with Gasteiger partial charge in [0, 0.05) is 36.4 Å². The van der Waals surface area contributed by atoms with Crippen molar-refractivity contribution in [2.45, 2.75) is 64.7 Å². The van der Waals surface area contributed by atoms with E-state index in [4.69, 9.17) is 0 Å². The Balaban J connectivity index is 1.55. The lowest BCUT2D eigenvalue weighted by molar-refractivity contribution is -0.142. The molecule has 1 aliphatic carbocycles. The van der Waals surface area contributed by atoms with Crippen LogP contribution in [0.3, 0.4) is 0 Å². The maximum absolute atomic E-state index is 12.8. The Kier molecular flexibility index (Phi) is 5.92. The summed E-state index contributed by atoms with van der Waals surface area (Å²) in [4.78, 5) is 27.1. The Morgan fingerprint density at radius 1 is 1.07 bits per heavy atom. The van der Waals surface area contributed by atoms with Crippen LogP contribution in [0.2, 0.25) is 0 Å². The van der Waals surface area contributed by atoms with Crippen LogP contribution in [0.15, 0.2) is 30.3 Å². The molecule has 1 aromatic carbocycles. The molecule has 1 heterocycles. The fourth-order valence-electron chi connectivity index (χ4n) is 4.63. The fraction of sp³-hybridized carbons (Fsp3) is 0.652. The molecule has 4 nitrogen and oxygen atoms in total. The first kappa shape index (κ1) is 19.9. The third-order valence-corrected chi connectivity index (χ3v) is 6.34. The number of hydrogen-bond acceptors (Lipinski definition) is 2. The fourth-order valence-corrected chi connectivity index (χ4v) is 4.63. The minimum absolute atomic E-state index is 0.0308. The van der Waals surface area contributed by atoms with Crippen LogP contribution in [0, 0.1) is 11.3 Å². The van der Waals surface area contributed by atoms with Crippen molar-refractivity contribution in [2.75, 3.05) is 19.6 Å². The van der Waals surface area contributed by atoms with Crippen molar-refractivity contribution in [3.8, 4) is 0 Å². The topological polar surface area (TPSA) is 49.4 Å². The summed E-state index contributed by atoms with van der Waals surface area (Å²) >= 11 is 0. The summed E-state index contributed by atoms with van der Waals surface area (Å²) < 4.78 is 0. The summed E-state index contributed by atoms with van der Waals surface area (Å²) in [6, 6.07) is 10.7.